The molecule has 1 N–H and O–H groups in total. The van der Waals surface area contributed by atoms with Gasteiger partial charge in [-0.3, -0.25) is 19.3 Å². The van der Waals surface area contributed by atoms with Crippen molar-refractivity contribution in [1.82, 2.24) is 9.47 Å². The van der Waals surface area contributed by atoms with Crippen LogP contribution in [0.2, 0.25) is 0 Å². The van der Waals surface area contributed by atoms with E-state index >= 15 is 0 Å². The van der Waals surface area contributed by atoms with Crippen LogP contribution in [0.5, 0.6) is 0 Å². The predicted octanol–water partition coefficient (Wildman–Crippen LogP) is 4.91. The lowest BCUT2D eigenvalue weighted by Crippen LogP contribution is -2.36. The van der Waals surface area contributed by atoms with E-state index in [2.05, 4.69) is 21.2 Å². The van der Waals surface area contributed by atoms with Crippen molar-refractivity contribution >= 4 is 56.5 Å². The molecule has 30 heavy (non-hydrogen) atoms. The van der Waals surface area contributed by atoms with Gasteiger partial charge in [0.15, 0.2) is 0 Å². The number of thioether (sulfide) groups is 1. The first-order chi connectivity index (χ1) is 14.5. The highest BCUT2D eigenvalue weighted by molar-refractivity contribution is 9.10. The standard InChI is InChI=1S/C22H16BrN3O3S/c23-16-6-8-17(9-7-16)24-20(27)14-26-21(28)19(30-22(26)29)12-15-10-11-25(13-15)18-4-2-1-3-5-18/h1-13H,14H2,(H,24,27)/b19-12+. The fraction of sp³-hybridized carbons (Fsp3) is 0.0455. The summed E-state index contributed by atoms with van der Waals surface area (Å²) in [6.45, 7) is -0.330. The van der Waals surface area contributed by atoms with Gasteiger partial charge in [0.25, 0.3) is 11.1 Å². The van der Waals surface area contributed by atoms with Crippen LogP contribution in [0.3, 0.4) is 0 Å². The number of para-hydroxylation sites is 1. The van der Waals surface area contributed by atoms with Crippen LogP contribution in [0.15, 0.2) is 82.4 Å². The van der Waals surface area contributed by atoms with E-state index in [4.69, 9.17) is 0 Å². The lowest BCUT2D eigenvalue weighted by molar-refractivity contribution is -0.127. The first kappa shape index (κ1) is 20.2. The number of benzene rings is 2. The van der Waals surface area contributed by atoms with Crippen LogP contribution in [-0.4, -0.2) is 33.1 Å². The normalized spacial score (nSPS) is 15.1. The summed E-state index contributed by atoms with van der Waals surface area (Å²) in [5.41, 5.74) is 2.38. The van der Waals surface area contributed by atoms with E-state index in [-0.39, 0.29) is 6.54 Å². The highest BCUT2D eigenvalue weighted by Crippen LogP contribution is 2.32. The molecule has 0 saturated carbocycles. The maximum absolute atomic E-state index is 12.7. The lowest BCUT2D eigenvalue weighted by Gasteiger charge is -2.12. The topological polar surface area (TPSA) is 71.4 Å². The van der Waals surface area contributed by atoms with Crippen LogP contribution in [0.1, 0.15) is 5.56 Å². The molecule has 1 aliphatic rings. The minimum absolute atomic E-state index is 0.294. The van der Waals surface area contributed by atoms with Crippen LogP contribution in [0, 0.1) is 0 Å². The maximum atomic E-state index is 12.7. The molecule has 150 valence electrons. The van der Waals surface area contributed by atoms with Gasteiger partial charge in [0.1, 0.15) is 6.54 Å². The number of rotatable bonds is 5. The fourth-order valence-corrected chi connectivity index (χ4v) is 4.03. The quantitative estimate of drug-likeness (QED) is 0.525. The van der Waals surface area contributed by atoms with Gasteiger partial charge in [-0.25, -0.2) is 0 Å². The third-order valence-electron chi connectivity index (χ3n) is 4.37. The van der Waals surface area contributed by atoms with E-state index in [0.29, 0.717) is 10.6 Å². The summed E-state index contributed by atoms with van der Waals surface area (Å²) in [4.78, 5) is 38.5. The fourth-order valence-electron chi connectivity index (χ4n) is 2.92. The molecule has 8 heteroatoms. The van der Waals surface area contributed by atoms with E-state index in [0.717, 1.165) is 32.4 Å². The van der Waals surface area contributed by atoms with Crippen LogP contribution in [0.25, 0.3) is 11.8 Å². The van der Waals surface area contributed by atoms with Gasteiger partial charge in [-0.15, -0.1) is 0 Å². The number of carbonyl (C=O) groups excluding carboxylic acids is 3. The molecule has 1 fully saturated rings. The minimum atomic E-state index is -0.469. The van der Waals surface area contributed by atoms with Crippen molar-refractivity contribution < 1.29 is 14.4 Å². The molecule has 3 amide bonds. The molecule has 1 saturated heterocycles. The number of halogens is 1. The molecule has 4 rings (SSSR count). The number of carbonyl (C=O) groups is 3. The molecule has 0 unspecified atom stereocenters. The predicted molar refractivity (Wildman–Crippen MR) is 121 cm³/mol. The molecule has 6 nitrogen and oxygen atoms in total. The molecule has 0 atom stereocenters. The number of imide groups is 1. The average molecular weight is 482 g/mol. The highest BCUT2D eigenvalue weighted by atomic mass is 79.9. The smallest absolute Gasteiger partial charge is 0.294 e. The molecular formula is C22H16BrN3O3S. The van der Waals surface area contributed by atoms with Crippen LogP contribution >= 0.6 is 27.7 Å². The number of anilines is 1. The summed E-state index contributed by atoms with van der Waals surface area (Å²) in [5.74, 6) is -0.903. The zero-order chi connectivity index (χ0) is 21.1. The Kier molecular flexibility index (Phi) is 5.87. The van der Waals surface area contributed by atoms with Crippen molar-refractivity contribution in [3.63, 3.8) is 0 Å². The Morgan fingerprint density at radius 2 is 1.77 bits per heavy atom. The summed E-state index contributed by atoms with van der Waals surface area (Å²) in [5, 5.41) is 2.23. The van der Waals surface area contributed by atoms with Crippen molar-refractivity contribution in [2.24, 2.45) is 0 Å². The van der Waals surface area contributed by atoms with Gasteiger partial charge in [-0.05, 0) is 65.9 Å². The lowest BCUT2D eigenvalue weighted by atomic mass is 10.3. The summed E-state index contributed by atoms with van der Waals surface area (Å²) in [6, 6.07) is 18.7. The van der Waals surface area contributed by atoms with Crippen LogP contribution in [0.4, 0.5) is 10.5 Å². The largest absolute Gasteiger partial charge is 0.325 e. The Hall–Kier alpha value is -3.10. The Morgan fingerprint density at radius 1 is 1.03 bits per heavy atom. The average Bonchev–Trinajstić information content (AvgIpc) is 3.31. The molecule has 1 aliphatic heterocycles. The number of nitrogens with one attached hydrogen (secondary N) is 1. The van der Waals surface area contributed by atoms with Crippen molar-refractivity contribution in [1.29, 1.82) is 0 Å². The van der Waals surface area contributed by atoms with Crippen LogP contribution in [-0.2, 0) is 9.59 Å². The van der Waals surface area contributed by atoms with Gasteiger partial charge in [0, 0.05) is 28.2 Å². The molecule has 2 aromatic carbocycles. The number of aromatic nitrogens is 1. The number of amides is 3. The summed E-state index contributed by atoms with van der Waals surface area (Å²) in [6.07, 6.45) is 5.43. The summed E-state index contributed by atoms with van der Waals surface area (Å²) in [7, 11) is 0. The summed E-state index contributed by atoms with van der Waals surface area (Å²) < 4.78 is 2.82. The SMILES string of the molecule is O=C(CN1C(=O)S/C(=C/c2ccn(-c3ccccc3)c2)C1=O)Nc1ccc(Br)cc1. The number of hydrogen-bond acceptors (Lipinski definition) is 4. The van der Waals surface area contributed by atoms with Crippen LogP contribution < -0.4 is 5.32 Å². The Labute approximate surface area is 185 Å². The van der Waals surface area contributed by atoms with Crippen molar-refractivity contribution in [3.8, 4) is 5.69 Å². The molecule has 0 spiro atoms. The van der Waals surface area contributed by atoms with Gasteiger partial charge in [-0.1, -0.05) is 34.1 Å². The number of nitrogens with zero attached hydrogens (tertiary/aromatic N) is 2. The Balaban J connectivity index is 1.44. The minimum Gasteiger partial charge on any atom is -0.325 e. The Morgan fingerprint density at radius 3 is 2.50 bits per heavy atom. The maximum Gasteiger partial charge on any atom is 0.294 e. The molecule has 0 aliphatic carbocycles. The molecule has 3 aromatic rings. The monoisotopic (exact) mass is 481 g/mol. The van der Waals surface area contributed by atoms with Gasteiger partial charge in [0.05, 0.1) is 4.91 Å². The molecule has 2 heterocycles. The molecule has 0 bridgehead atoms. The highest BCUT2D eigenvalue weighted by Gasteiger charge is 2.36. The van der Waals surface area contributed by atoms with Gasteiger partial charge < -0.3 is 9.88 Å². The second kappa shape index (κ2) is 8.73. The molecule has 1 aromatic heterocycles. The van der Waals surface area contributed by atoms with E-state index in [9.17, 15) is 14.4 Å². The Bertz CT molecular complexity index is 1140. The molecular weight excluding hydrogens is 466 g/mol. The van der Waals surface area contributed by atoms with E-state index in [1.165, 1.54) is 0 Å². The molecule has 0 radical (unpaired) electrons. The third kappa shape index (κ3) is 4.55. The van der Waals surface area contributed by atoms with Crippen molar-refractivity contribution in [2.45, 2.75) is 0 Å². The second-order valence-electron chi connectivity index (χ2n) is 6.51. The van der Waals surface area contributed by atoms with E-state index in [1.54, 1.807) is 30.3 Å². The van der Waals surface area contributed by atoms with Gasteiger partial charge >= 0.3 is 0 Å². The third-order valence-corrected chi connectivity index (χ3v) is 5.81. The van der Waals surface area contributed by atoms with Gasteiger partial charge in [0.2, 0.25) is 5.91 Å². The number of hydrogen-bond donors (Lipinski definition) is 1. The second-order valence-corrected chi connectivity index (χ2v) is 8.42. The van der Waals surface area contributed by atoms with E-state index in [1.807, 2.05) is 53.4 Å². The summed E-state index contributed by atoms with van der Waals surface area (Å²) >= 11 is 4.16. The van der Waals surface area contributed by atoms with E-state index < -0.39 is 17.1 Å². The van der Waals surface area contributed by atoms with Gasteiger partial charge in [-0.2, -0.15) is 0 Å². The zero-order valence-electron chi connectivity index (χ0n) is 15.6. The van der Waals surface area contributed by atoms with Crippen molar-refractivity contribution in [3.05, 3.63) is 88.0 Å². The first-order valence-corrected chi connectivity index (χ1v) is 10.6. The van der Waals surface area contributed by atoms with Crippen molar-refractivity contribution in [2.75, 3.05) is 11.9 Å². The zero-order valence-corrected chi connectivity index (χ0v) is 18.0. The first-order valence-electron chi connectivity index (χ1n) is 9.04.